The highest BCUT2D eigenvalue weighted by molar-refractivity contribution is 6.04. The van der Waals surface area contributed by atoms with Crippen molar-refractivity contribution >= 4 is 17.6 Å². The predicted molar refractivity (Wildman–Crippen MR) is 73.7 cm³/mol. The fourth-order valence-corrected chi connectivity index (χ4v) is 1.69. The molecule has 0 aliphatic carbocycles. The predicted octanol–water partition coefficient (Wildman–Crippen LogP) is 2.13. The second-order valence-corrected chi connectivity index (χ2v) is 4.20. The summed E-state index contributed by atoms with van der Waals surface area (Å²) in [5.41, 5.74) is 1.68. The number of rotatable bonds is 4. The van der Waals surface area contributed by atoms with E-state index in [9.17, 15) is 9.59 Å². The Hall–Kier alpha value is -2.66. The molecule has 102 valence electrons. The normalized spacial score (nSPS) is 10.1. The molecule has 0 aliphatic heterocycles. The van der Waals surface area contributed by atoms with Crippen LogP contribution in [0.2, 0.25) is 0 Å². The van der Waals surface area contributed by atoms with Gasteiger partial charge in [0, 0.05) is 11.3 Å². The summed E-state index contributed by atoms with van der Waals surface area (Å²) in [6.07, 6.45) is 0. The van der Waals surface area contributed by atoms with E-state index in [0.29, 0.717) is 11.3 Å². The summed E-state index contributed by atoms with van der Waals surface area (Å²) in [6, 6.07) is 12.5. The molecular formula is C15H13NO4. The number of amides is 1. The Morgan fingerprint density at radius 2 is 1.70 bits per heavy atom. The third-order valence-corrected chi connectivity index (χ3v) is 2.77. The molecular weight excluding hydrogens is 258 g/mol. The van der Waals surface area contributed by atoms with Crippen molar-refractivity contribution in [3.63, 3.8) is 0 Å². The maximum atomic E-state index is 12.0. The number of aliphatic hydroxyl groups is 1. The highest BCUT2D eigenvalue weighted by Gasteiger charge is 2.08. The number of benzene rings is 2. The first kappa shape index (κ1) is 13.8. The van der Waals surface area contributed by atoms with Gasteiger partial charge in [-0.3, -0.25) is 4.79 Å². The monoisotopic (exact) mass is 271 g/mol. The van der Waals surface area contributed by atoms with E-state index in [0.717, 1.165) is 5.56 Å². The van der Waals surface area contributed by atoms with Gasteiger partial charge in [-0.25, -0.2) is 4.79 Å². The molecule has 0 saturated carbocycles. The molecule has 0 bridgehead atoms. The molecule has 0 saturated heterocycles. The molecule has 3 N–H and O–H groups in total. The highest BCUT2D eigenvalue weighted by Crippen LogP contribution is 2.13. The van der Waals surface area contributed by atoms with E-state index in [4.69, 9.17) is 10.2 Å². The van der Waals surface area contributed by atoms with Crippen LogP contribution in [0.4, 0.5) is 5.69 Å². The van der Waals surface area contributed by atoms with Gasteiger partial charge in [0.2, 0.25) is 0 Å². The second-order valence-electron chi connectivity index (χ2n) is 4.20. The van der Waals surface area contributed by atoms with Crippen molar-refractivity contribution in [2.75, 3.05) is 5.32 Å². The van der Waals surface area contributed by atoms with Crippen LogP contribution in [0.3, 0.4) is 0 Å². The number of carboxylic acids is 1. The lowest BCUT2D eigenvalue weighted by Gasteiger charge is -2.06. The first-order valence-corrected chi connectivity index (χ1v) is 5.94. The van der Waals surface area contributed by atoms with Gasteiger partial charge in [-0.2, -0.15) is 0 Å². The van der Waals surface area contributed by atoms with Crippen molar-refractivity contribution in [3.05, 3.63) is 65.2 Å². The van der Waals surface area contributed by atoms with E-state index in [1.54, 1.807) is 36.4 Å². The van der Waals surface area contributed by atoms with Crippen molar-refractivity contribution in [1.82, 2.24) is 0 Å². The number of carbonyl (C=O) groups excluding carboxylic acids is 1. The van der Waals surface area contributed by atoms with Gasteiger partial charge in [-0.15, -0.1) is 0 Å². The third-order valence-electron chi connectivity index (χ3n) is 2.77. The minimum absolute atomic E-state index is 0.0808. The second kappa shape index (κ2) is 5.99. The maximum Gasteiger partial charge on any atom is 0.335 e. The van der Waals surface area contributed by atoms with Crippen molar-refractivity contribution in [3.8, 4) is 0 Å². The quantitative estimate of drug-likeness (QED) is 0.795. The van der Waals surface area contributed by atoms with Crippen LogP contribution in [0.25, 0.3) is 0 Å². The maximum absolute atomic E-state index is 12.0. The van der Waals surface area contributed by atoms with Gasteiger partial charge in [0.15, 0.2) is 0 Å². The Labute approximate surface area is 115 Å². The Morgan fingerprint density at radius 3 is 2.30 bits per heavy atom. The number of aromatic carboxylic acids is 1. The number of nitrogens with one attached hydrogen (secondary N) is 1. The van der Waals surface area contributed by atoms with E-state index in [1.807, 2.05) is 0 Å². The highest BCUT2D eigenvalue weighted by atomic mass is 16.4. The van der Waals surface area contributed by atoms with Crippen LogP contribution < -0.4 is 5.32 Å². The molecule has 2 rings (SSSR count). The zero-order chi connectivity index (χ0) is 14.5. The third kappa shape index (κ3) is 3.21. The standard InChI is InChI=1S/C15H13NO4/c17-9-10-4-6-11(7-5-10)14(18)16-13-3-1-2-12(8-13)15(19)20/h1-8,17H,9H2,(H,16,18)(H,19,20). The minimum Gasteiger partial charge on any atom is -0.478 e. The van der Waals surface area contributed by atoms with Crippen LogP contribution in [-0.2, 0) is 6.61 Å². The van der Waals surface area contributed by atoms with E-state index in [2.05, 4.69) is 5.32 Å². The summed E-state index contributed by atoms with van der Waals surface area (Å²) in [7, 11) is 0. The molecule has 0 atom stereocenters. The zero-order valence-corrected chi connectivity index (χ0v) is 10.5. The summed E-state index contributed by atoms with van der Waals surface area (Å²) >= 11 is 0. The van der Waals surface area contributed by atoms with Crippen LogP contribution in [0, 0.1) is 0 Å². The van der Waals surface area contributed by atoms with Gasteiger partial charge in [0.1, 0.15) is 0 Å². The number of carboxylic acid groups (broad SMARTS) is 1. The lowest BCUT2D eigenvalue weighted by atomic mass is 10.1. The largest absolute Gasteiger partial charge is 0.478 e. The fourth-order valence-electron chi connectivity index (χ4n) is 1.69. The molecule has 0 unspecified atom stereocenters. The summed E-state index contributed by atoms with van der Waals surface area (Å²) < 4.78 is 0. The lowest BCUT2D eigenvalue weighted by molar-refractivity contribution is 0.0696. The average Bonchev–Trinajstić information content (AvgIpc) is 2.47. The van der Waals surface area contributed by atoms with E-state index >= 15 is 0 Å². The zero-order valence-electron chi connectivity index (χ0n) is 10.5. The van der Waals surface area contributed by atoms with Gasteiger partial charge in [0.05, 0.1) is 12.2 Å². The summed E-state index contributed by atoms with van der Waals surface area (Å²) in [5, 5.41) is 20.4. The molecule has 0 fully saturated rings. The summed E-state index contributed by atoms with van der Waals surface area (Å²) in [5.74, 6) is -1.38. The first-order valence-electron chi connectivity index (χ1n) is 5.94. The fraction of sp³-hybridized carbons (Fsp3) is 0.0667. The average molecular weight is 271 g/mol. The Morgan fingerprint density at radius 1 is 1.00 bits per heavy atom. The molecule has 0 spiro atoms. The van der Waals surface area contributed by atoms with E-state index < -0.39 is 5.97 Å². The summed E-state index contributed by atoms with van der Waals surface area (Å²) in [6.45, 7) is -0.0808. The minimum atomic E-state index is -1.05. The number of anilines is 1. The topological polar surface area (TPSA) is 86.6 Å². The number of aliphatic hydroxyl groups excluding tert-OH is 1. The van der Waals surface area contributed by atoms with Crippen LogP contribution in [0.15, 0.2) is 48.5 Å². The van der Waals surface area contributed by atoms with Crippen molar-refractivity contribution in [2.24, 2.45) is 0 Å². The molecule has 0 aromatic heterocycles. The summed E-state index contributed by atoms with van der Waals surface area (Å²) in [4.78, 5) is 22.8. The van der Waals surface area contributed by atoms with Gasteiger partial charge in [-0.05, 0) is 35.9 Å². The SMILES string of the molecule is O=C(O)c1cccc(NC(=O)c2ccc(CO)cc2)c1. The van der Waals surface area contributed by atoms with Crippen LogP contribution in [0.1, 0.15) is 26.3 Å². The molecule has 2 aromatic carbocycles. The molecule has 0 heterocycles. The molecule has 0 aliphatic rings. The molecule has 5 heteroatoms. The molecule has 0 radical (unpaired) electrons. The Balaban J connectivity index is 2.14. The number of hydrogen-bond donors (Lipinski definition) is 3. The van der Waals surface area contributed by atoms with Gasteiger partial charge >= 0.3 is 5.97 Å². The lowest BCUT2D eigenvalue weighted by Crippen LogP contribution is -2.12. The first-order chi connectivity index (χ1) is 9.60. The Bertz CT molecular complexity index is 635. The van der Waals surface area contributed by atoms with E-state index in [-0.39, 0.29) is 18.1 Å². The number of hydrogen-bond acceptors (Lipinski definition) is 3. The molecule has 1 amide bonds. The van der Waals surface area contributed by atoms with Crippen LogP contribution >= 0.6 is 0 Å². The molecule has 5 nitrogen and oxygen atoms in total. The van der Waals surface area contributed by atoms with Crippen LogP contribution in [0.5, 0.6) is 0 Å². The Kier molecular flexibility index (Phi) is 4.12. The molecule has 2 aromatic rings. The number of carbonyl (C=O) groups is 2. The van der Waals surface area contributed by atoms with Crippen LogP contribution in [-0.4, -0.2) is 22.1 Å². The van der Waals surface area contributed by atoms with Crippen molar-refractivity contribution < 1.29 is 19.8 Å². The van der Waals surface area contributed by atoms with Gasteiger partial charge in [-0.1, -0.05) is 18.2 Å². The van der Waals surface area contributed by atoms with E-state index in [1.165, 1.54) is 12.1 Å². The van der Waals surface area contributed by atoms with Gasteiger partial charge < -0.3 is 15.5 Å². The van der Waals surface area contributed by atoms with Crippen molar-refractivity contribution in [1.29, 1.82) is 0 Å². The van der Waals surface area contributed by atoms with Crippen molar-refractivity contribution in [2.45, 2.75) is 6.61 Å². The molecule has 20 heavy (non-hydrogen) atoms. The van der Waals surface area contributed by atoms with Gasteiger partial charge in [0.25, 0.3) is 5.91 Å². The smallest absolute Gasteiger partial charge is 0.335 e.